The smallest absolute Gasteiger partial charge is 0.308 e. The molecule has 0 fully saturated rings. The first-order valence-electron chi connectivity index (χ1n) is 7.29. The largest absolute Gasteiger partial charge is 0.481 e. The molecule has 4 heteroatoms. The van der Waals surface area contributed by atoms with E-state index >= 15 is 0 Å². The van der Waals surface area contributed by atoms with Crippen molar-refractivity contribution in [3.63, 3.8) is 0 Å². The standard InChI is InChI=1S/C17H23NO3/c1-3-4-12-18(13-14(2)17(20)21)16(19)11-10-15-8-6-5-7-9-15/h5-11,14H,3-4,12-13H2,1-2H3,(H,20,21)/b11-10+. The zero-order chi connectivity index (χ0) is 15.7. The first kappa shape index (κ1) is 17.0. The van der Waals surface area contributed by atoms with Crippen molar-refractivity contribution < 1.29 is 14.7 Å². The molecule has 1 aromatic rings. The summed E-state index contributed by atoms with van der Waals surface area (Å²) in [7, 11) is 0. The van der Waals surface area contributed by atoms with Crippen molar-refractivity contribution in [2.24, 2.45) is 5.92 Å². The molecule has 1 amide bonds. The van der Waals surface area contributed by atoms with Crippen LogP contribution in [0.2, 0.25) is 0 Å². The molecule has 0 saturated heterocycles. The second-order valence-corrected chi connectivity index (χ2v) is 5.12. The van der Waals surface area contributed by atoms with E-state index in [9.17, 15) is 9.59 Å². The van der Waals surface area contributed by atoms with Gasteiger partial charge < -0.3 is 10.0 Å². The Balaban J connectivity index is 2.70. The molecule has 0 radical (unpaired) electrons. The van der Waals surface area contributed by atoms with Crippen molar-refractivity contribution in [1.82, 2.24) is 4.90 Å². The van der Waals surface area contributed by atoms with Crippen LogP contribution in [-0.2, 0) is 9.59 Å². The molecular formula is C17H23NO3. The summed E-state index contributed by atoms with van der Waals surface area (Å²) in [6.45, 7) is 4.50. The van der Waals surface area contributed by atoms with Gasteiger partial charge in [0.2, 0.25) is 5.91 Å². The monoisotopic (exact) mass is 289 g/mol. The van der Waals surface area contributed by atoms with Crippen molar-refractivity contribution in [1.29, 1.82) is 0 Å². The molecule has 0 bridgehead atoms. The van der Waals surface area contributed by atoms with E-state index in [4.69, 9.17) is 5.11 Å². The number of aliphatic carboxylic acids is 1. The molecule has 0 heterocycles. The summed E-state index contributed by atoms with van der Waals surface area (Å²) >= 11 is 0. The lowest BCUT2D eigenvalue weighted by atomic mass is 10.1. The molecule has 4 nitrogen and oxygen atoms in total. The molecule has 0 aliphatic rings. The maximum absolute atomic E-state index is 12.2. The zero-order valence-electron chi connectivity index (χ0n) is 12.7. The van der Waals surface area contributed by atoms with Gasteiger partial charge in [-0.25, -0.2) is 0 Å². The summed E-state index contributed by atoms with van der Waals surface area (Å²) in [6.07, 6.45) is 5.11. The molecule has 0 spiro atoms. The van der Waals surface area contributed by atoms with Crippen LogP contribution < -0.4 is 0 Å². The number of hydrogen-bond donors (Lipinski definition) is 1. The van der Waals surface area contributed by atoms with Crippen LogP contribution in [0.1, 0.15) is 32.3 Å². The third kappa shape index (κ3) is 6.25. The first-order chi connectivity index (χ1) is 10.0. The van der Waals surface area contributed by atoms with Crippen molar-refractivity contribution in [3.8, 4) is 0 Å². The van der Waals surface area contributed by atoms with Gasteiger partial charge in [0.25, 0.3) is 0 Å². The number of nitrogens with zero attached hydrogens (tertiary/aromatic N) is 1. The number of carboxylic acids is 1. The highest BCUT2D eigenvalue weighted by Gasteiger charge is 2.18. The van der Waals surface area contributed by atoms with Gasteiger partial charge in [0.15, 0.2) is 0 Å². The number of carbonyl (C=O) groups is 2. The van der Waals surface area contributed by atoms with Crippen LogP contribution in [-0.4, -0.2) is 35.0 Å². The SMILES string of the molecule is CCCCN(CC(C)C(=O)O)C(=O)/C=C/c1ccccc1. The molecule has 114 valence electrons. The van der Waals surface area contributed by atoms with E-state index < -0.39 is 11.9 Å². The predicted molar refractivity (Wildman–Crippen MR) is 83.8 cm³/mol. The summed E-state index contributed by atoms with van der Waals surface area (Å²) in [5, 5.41) is 8.99. The van der Waals surface area contributed by atoms with Crippen LogP contribution >= 0.6 is 0 Å². The summed E-state index contributed by atoms with van der Waals surface area (Å²) in [5.41, 5.74) is 0.951. The van der Waals surface area contributed by atoms with E-state index in [1.165, 1.54) is 6.08 Å². The van der Waals surface area contributed by atoms with Crippen LogP contribution in [0.15, 0.2) is 36.4 Å². The summed E-state index contributed by atoms with van der Waals surface area (Å²) in [4.78, 5) is 24.8. The molecule has 1 unspecified atom stereocenters. The fraction of sp³-hybridized carbons (Fsp3) is 0.412. The molecule has 21 heavy (non-hydrogen) atoms. The van der Waals surface area contributed by atoms with Crippen LogP contribution in [0.5, 0.6) is 0 Å². The van der Waals surface area contributed by atoms with Gasteiger partial charge in [0, 0.05) is 19.2 Å². The highest BCUT2D eigenvalue weighted by atomic mass is 16.4. The van der Waals surface area contributed by atoms with Gasteiger partial charge in [0.05, 0.1) is 5.92 Å². The number of rotatable bonds is 8. The van der Waals surface area contributed by atoms with Crippen molar-refractivity contribution >= 4 is 18.0 Å². The minimum atomic E-state index is -0.878. The van der Waals surface area contributed by atoms with E-state index in [0.717, 1.165) is 18.4 Å². The molecular weight excluding hydrogens is 266 g/mol. The Morgan fingerprint density at radius 1 is 1.29 bits per heavy atom. The van der Waals surface area contributed by atoms with Gasteiger partial charge in [-0.2, -0.15) is 0 Å². The normalized spacial score (nSPS) is 12.3. The quantitative estimate of drug-likeness (QED) is 0.748. The summed E-state index contributed by atoms with van der Waals surface area (Å²) < 4.78 is 0. The van der Waals surface area contributed by atoms with E-state index in [0.29, 0.717) is 6.54 Å². The van der Waals surface area contributed by atoms with Crippen LogP contribution in [0.25, 0.3) is 6.08 Å². The van der Waals surface area contributed by atoms with E-state index in [-0.39, 0.29) is 12.5 Å². The highest BCUT2D eigenvalue weighted by molar-refractivity contribution is 5.92. The van der Waals surface area contributed by atoms with E-state index in [1.807, 2.05) is 37.3 Å². The van der Waals surface area contributed by atoms with Gasteiger partial charge in [-0.15, -0.1) is 0 Å². The second kappa shape index (κ2) is 8.95. The third-order valence-corrected chi connectivity index (χ3v) is 3.23. The maximum Gasteiger partial charge on any atom is 0.308 e. The number of benzene rings is 1. The fourth-order valence-corrected chi connectivity index (χ4v) is 1.89. The Bertz CT molecular complexity index is 482. The molecule has 0 aliphatic heterocycles. The Kier molecular flexibility index (Phi) is 7.23. The average molecular weight is 289 g/mol. The number of amides is 1. The lowest BCUT2D eigenvalue weighted by Gasteiger charge is -2.23. The molecule has 1 N–H and O–H groups in total. The fourth-order valence-electron chi connectivity index (χ4n) is 1.89. The van der Waals surface area contributed by atoms with Gasteiger partial charge in [-0.3, -0.25) is 9.59 Å². The van der Waals surface area contributed by atoms with Crippen LogP contribution in [0, 0.1) is 5.92 Å². The average Bonchev–Trinajstić information content (AvgIpc) is 2.49. The number of carbonyl (C=O) groups excluding carboxylic acids is 1. The third-order valence-electron chi connectivity index (χ3n) is 3.23. The molecule has 1 rings (SSSR count). The Hall–Kier alpha value is -2.10. The van der Waals surface area contributed by atoms with Crippen molar-refractivity contribution in [3.05, 3.63) is 42.0 Å². The maximum atomic E-state index is 12.2. The predicted octanol–water partition coefficient (Wildman–Crippen LogP) is 3.05. The Morgan fingerprint density at radius 2 is 1.95 bits per heavy atom. The van der Waals surface area contributed by atoms with Gasteiger partial charge in [-0.1, -0.05) is 50.6 Å². The van der Waals surface area contributed by atoms with E-state index in [2.05, 4.69) is 0 Å². The Labute approximate surface area is 126 Å². The first-order valence-corrected chi connectivity index (χ1v) is 7.29. The summed E-state index contributed by atoms with van der Waals surface area (Å²) in [5.74, 6) is -1.58. The van der Waals surface area contributed by atoms with Gasteiger partial charge in [-0.05, 0) is 18.1 Å². The zero-order valence-corrected chi connectivity index (χ0v) is 12.7. The number of carboxylic acid groups (broad SMARTS) is 1. The molecule has 0 saturated carbocycles. The topological polar surface area (TPSA) is 57.6 Å². The van der Waals surface area contributed by atoms with E-state index in [1.54, 1.807) is 17.9 Å². The number of unbranched alkanes of at least 4 members (excludes halogenated alkanes) is 1. The Morgan fingerprint density at radius 3 is 2.52 bits per heavy atom. The lowest BCUT2D eigenvalue weighted by molar-refractivity contribution is -0.142. The molecule has 1 atom stereocenters. The lowest BCUT2D eigenvalue weighted by Crippen LogP contribution is -2.36. The van der Waals surface area contributed by atoms with Gasteiger partial charge in [0.1, 0.15) is 0 Å². The number of hydrogen-bond acceptors (Lipinski definition) is 2. The van der Waals surface area contributed by atoms with Crippen molar-refractivity contribution in [2.75, 3.05) is 13.1 Å². The molecule has 0 aliphatic carbocycles. The molecule has 1 aromatic carbocycles. The highest BCUT2D eigenvalue weighted by Crippen LogP contribution is 2.06. The second-order valence-electron chi connectivity index (χ2n) is 5.12. The minimum Gasteiger partial charge on any atom is -0.481 e. The minimum absolute atomic E-state index is 0.139. The summed E-state index contributed by atoms with van der Waals surface area (Å²) in [6, 6.07) is 9.57. The van der Waals surface area contributed by atoms with Crippen LogP contribution in [0.4, 0.5) is 0 Å². The van der Waals surface area contributed by atoms with Crippen molar-refractivity contribution in [2.45, 2.75) is 26.7 Å². The van der Waals surface area contributed by atoms with Crippen LogP contribution in [0.3, 0.4) is 0 Å². The molecule has 0 aromatic heterocycles. The van der Waals surface area contributed by atoms with Gasteiger partial charge >= 0.3 is 5.97 Å².